The first-order chi connectivity index (χ1) is 12.1. The molecule has 0 aliphatic carbocycles. The largest absolute Gasteiger partial charge is 0.477 e. The number of ether oxygens (including phenoxy) is 1. The molecular formula is C18H24N2O6. The van der Waals surface area contributed by atoms with Gasteiger partial charge in [0.15, 0.2) is 0 Å². The quantitative estimate of drug-likeness (QED) is 0.534. The van der Waals surface area contributed by atoms with Crippen LogP contribution >= 0.6 is 0 Å². The Morgan fingerprint density at radius 3 is 2.54 bits per heavy atom. The molecule has 1 heterocycles. The van der Waals surface area contributed by atoms with E-state index in [0.29, 0.717) is 16.5 Å². The van der Waals surface area contributed by atoms with Gasteiger partial charge in [0.1, 0.15) is 17.4 Å². The minimum Gasteiger partial charge on any atom is -0.477 e. The van der Waals surface area contributed by atoms with Crippen LogP contribution in [0.1, 0.15) is 49.3 Å². The molecule has 8 heteroatoms. The van der Waals surface area contributed by atoms with E-state index >= 15 is 0 Å². The van der Waals surface area contributed by atoms with Gasteiger partial charge in [-0.25, -0.2) is 9.59 Å². The lowest BCUT2D eigenvalue weighted by Gasteiger charge is -2.21. The summed E-state index contributed by atoms with van der Waals surface area (Å²) in [5, 5.41) is 32.6. The predicted molar refractivity (Wildman–Crippen MR) is 95.1 cm³/mol. The van der Waals surface area contributed by atoms with Crippen molar-refractivity contribution in [1.29, 1.82) is 0 Å². The van der Waals surface area contributed by atoms with Crippen LogP contribution in [0.25, 0.3) is 10.9 Å². The first kappa shape index (κ1) is 19.7. The Hall–Kier alpha value is -2.58. The van der Waals surface area contributed by atoms with E-state index in [4.69, 9.17) is 9.84 Å². The molecule has 142 valence electrons. The highest BCUT2D eigenvalue weighted by molar-refractivity contribution is 5.93. The monoisotopic (exact) mass is 364 g/mol. The van der Waals surface area contributed by atoms with Gasteiger partial charge in [-0.1, -0.05) is 12.1 Å². The molecule has 0 aliphatic heterocycles. The molecule has 5 N–H and O–H groups in total. The number of hydrogen-bond donors (Lipinski definition) is 5. The predicted octanol–water partition coefficient (Wildman–Crippen LogP) is 2.18. The summed E-state index contributed by atoms with van der Waals surface area (Å²) in [5.41, 5.74) is 0.440. The molecule has 0 aliphatic rings. The standard InChI is InChI=1S/C18H24N2O6/c1-18(2,3)26-17(25)19-7-6-14(21)15(22)11-5-4-10-8-13(16(23)24)20-12(10)9-11/h4-5,8-9,14-15,20-22H,6-7H2,1-3H3,(H,19,25)(H,23,24). The van der Waals surface area contributed by atoms with Gasteiger partial charge in [-0.05, 0) is 44.9 Å². The van der Waals surface area contributed by atoms with E-state index in [1.807, 2.05) is 0 Å². The van der Waals surface area contributed by atoms with E-state index in [1.165, 1.54) is 6.07 Å². The number of alkyl carbamates (subject to hydrolysis) is 1. The zero-order chi connectivity index (χ0) is 19.5. The fourth-order valence-corrected chi connectivity index (χ4v) is 2.46. The number of aromatic carboxylic acids is 1. The Morgan fingerprint density at radius 1 is 1.23 bits per heavy atom. The Balaban J connectivity index is 1.95. The van der Waals surface area contributed by atoms with Crippen molar-refractivity contribution >= 4 is 23.0 Å². The SMILES string of the molecule is CC(C)(C)OC(=O)NCCC(O)C(O)c1ccc2cc(C(=O)O)[nH]c2c1. The van der Waals surface area contributed by atoms with Gasteiger partial charge in [0.25, 0.3) is 0 Å². The highest BCUT2D eigenvalue weighted by Gasteiger charge is 2.20. The number of carbonyl (C=O) groups excluding carboxylic acids is 1. The molecule has 0 saturated heterocycles. The number of carboxylic acid groups (broad SMARTS) is 1. The molecule has 0 spiro atoms. The number of aromatic amines is 1. The summed E-state index contributed by atoms with van der Waals surface area (Å²) in [6.07, 6.45) is -2.73. The van der Waals surface area contributed by atoms with Crippen LogP contribution in [0.15, 0.2) is 24.3 Å². The Labute approximate surface area is 150 Å². The van der Waals surface area contributed by atoms with Gasteiger partial charge in [-0.3, -0.25) is 0 Å². The number of aromatic nitrogens is 1. The Bertz CT molecular complexity index is 793. The third kappa shape index (κ3) is 5.21. The number of amides is 1. The van der Waals surface area contributed by atoms with Crippen LogP contribution in [0, 0.1) is 0 Å². The Kier molecular flexibility index (Phi) is 5.89. The van der Waals surface area contributed by atoms with Crippen molar-refractivity contribution in [3.05, 3.63) is 35.5 Å². The van der Waals surface area contributed by atoms with Crippen LogP contribution in [0.4, 0.5) is 4.79 Å². The zero-order valence-corrected chi connectivity index (χ0v) is 14.9. The lowest BCUT2D eigenvalue weighted by atomic mass is 10.0. The average Bonchev–Trinajstić information content (AvgIpc) is 2.95. The number of benzene rings is 1. The van der Waals surface area contributed by atoms with E-state index in [9.17, 15) is 19.8 Å². The molecule has 26 heavy (non-hydrogen) atoms. The molecule has 0 bridgehead atoms. The van der Waals surface area contributed by atoms with Crippen molar-refractivity contribution in [3.8, 4) is 0 Å². The maximum atomic E-state index is 11.6. The number of hydrogen-bond acceptors (Lipinski definition) is 5. The lowest BCUT2D eigenvalue weighted by Crippen LogP contribution is -2.34. The van der Waals surface area contributed by atoms with E-state index in [-0.39, 0.29) is 18.7 Å². The van der Waals surface area contributed by atoms with Gasteiger partial charge in [0.2, 0.25) is 0 Å². The van der Waals surface area contributed by atoms with Gasteiger partial charge in [0, 0.05) is 17.4 Å². The van der Waals surface area contributed by atoms with Crippen LogP contribution in [-0.2, 0) is 4.74 Å². The summed E-state index contributed by atoms with van der Waals surface area (Å²) in [6.45, 7) is 5.38. The minimum atomic E-state index is -1.17. The number of rotatable bonds is 6. The molecule has 2 unspecified atom stereocenters. The third-order valence-electron chi connectivity index (χ3n) is 3.69. The van der Waals surface area contributed by atoms with Gasteiger partial charge < -0.3 is 30.4 Å². The maximum Gasteiger partial charge on any atom is 0.407 e. The molecular weight excluding hydrogens is 340 g/mol. The molecule has 2 atom stereocenters. The van der Waals surface area contributed by atoms with E-state index < -0.39 is 29.9 Å². The number of fused-ring (bicyclic) bond motifs is 1. The van der Waals surface area contributed by atoms with Crippen molar-refractivity contribution < 1.29 is 29.6 Å². The third-order valence-corrected chi connectivity index (χ3v) is 3.69. The lowest BCUT2D eigenvalue weighted by molar-refractivity contribution is 0.0124. The summed E-state index contributed by atoms with van der Waals surface area (Å²) < 4.78 is 5.09. The second kappa shape index (κ2) is 7.76. The van der Waals surface area contributed by atoms with E-state index in [0.717, 1.165) is 0 Å². The zero-order valence-electron chi connectivity index (χ0n) is 14.9. The Morgan fingerprint density at radius 2 is 1.92 bits per heavy atom. The average molecular weight is 364 g/mol. The second-order valence-electron chi connectivity index (χ2n) is 7.06. The first-order valence-electron chi connectivity index (χ1n) is 8.26. The molecule has 0 fully saturated rings. The normalized spacial score (nSPS) is 14.0. The van der Waals surface area contributed by atoms with Crippen molar-refractivity contribution in [2.24, 2.45) is 0 Å². The van der Waals surface area contributed by atoms with Gasteiger partial charge in [-0.2, -0.15) is 0 Å². The summed E-state index contributed by atoms with van der Waals surface area (Å²) in [6, 6.07) is 6.38. The fraction of sp³-hybridized carbons (Fsp3) is 0.444. The number of carbonyl (C=O) groups is 2. The van der Waals surface area contributed by atoms with Crippen molar-refractivity contribution in [2.75, 3.05) is 6.54 Å². The van der Waals surface area contributed by atoms with Crippen LogP contribution in [-0.4, -0.2) is 50.6 Å². The smallest absolute Gasteiger partial charge is 0.407 e. The summed E-state index contributed by atoms with van der Waals surface area (Å²) in [5.74, 6) is -1.07. The highest BCUT2D eigenvalue weighted by atomic mass is 16.6. The van der Waals surface area contributed by atoms with Gasteiger partial charge in [0.05, 0.1) is 6.10 Å². The molecule has 0 saturated carbocycles. The number of H-pyrrole nitrogens is 1. The van der Waals surface area contributed by atoms with Crippen LogP contribution in [0.5, 0.6) is 0 Å². The van der Waals surface area contributed by atoms with E-state index in [1.54, 1.807) is 39.0 Å². The van der Waals surface area contributed by atoms with Crippen molar-refractivity contribution in [3.63, 3.8) is 0 Å². The van der Waals surface area contributed by atoms with E-state index in [2.05, 4.69) is 10.3 Å². The molecule has 1 aromatic carbocycles. The molecule has 2 rings (SSSR count). The number of carboxylic acids is 1. The molecule has 8 nitrogen and oxygen atoms in total. The molecule has 1 aromatic heterocycles. The molecule has 2 aromatic rings. The molecule has 0 radical (unpaired) electrons. The number of nitrogens with one attached hydrogen (secondary N) is 2. The molecule has 1 amide bonds. The second-order valence-corrected chi connectivity index (χ2v) is 7.06. The van der Waals surface area contributed by atoms with Crippen LogP contribution in [0.3, 0.4) is 0 Å². The first-order valence-corrected chi connectivity index (χ1v) is 8.26. The van der Waals surface area contributed by atoms with Crippen LogP contribution < -0.4 is 5.32 Å². The van der Waals surface area contributed by atoms with Crippen molar-refractivity contribution in [1.82, 2.24) is 10.3 Å². The highest BCUT2D eigenvalue weighted by Crippen LogP contribution is 2.24. The van der Waals surface area contributed by atoms with Crippen molar-refractivity contribution in [2.45, 2.75) is 45.0 Å². The summed E-state index contributed by atoms with van der Waals surface area (Å²) in [7, 11) is 0. The summed E-state index contributed by atoms with van der Waals surface area (Å²) >= 11 is 0. The maximum absolute atomic E-state index is 11.6. The fourth-order valence-electron chi connectivity index (χ4n) is 2.46. The van der Waals surface area contributed by atoms with Crippen LogP contribution in [0.2, 0.25) is 0 Å². The number of aliphatic hydroxyl groups is 2. The van der Waals surface area contributed by atoms with Gasteiger partial charge in [-0.15, -0.1) is 0 Å². The van der Waals surface area contributed by atoms with Gasteiger partial charge >= 0.3 is 12.1 Å². The topological polar surface area (TPSA) is 132 Å². The summed E-state index contributed by atoms with van der Waals surface area (Å²) in [4.78, 5) is 25.3. The minimum absolute atomic E-state index is 0.0498. The number of aliphatic hydroxyl groups excluding tert-OH is 2.